The van der Waals surface area contributed by atoms with Crippen molar-refractivity contribution in [1.82, 2.24) is 9.38 Å². The van der Waals surface area contributed by atoms with Gasteiger partial charge < -0.3 is 4.74 Å². The molecule has 0 radical (unpaired) electrons. The summed E-state index contributed by atoms with van der Waals surface area (Å²) in [6.07, 6.45) is 1.88. The summed E-state index contributed by atoms with van der Waals surface area (Å²) in [6.45, 7) is 0. The molecule has 21 heavy (non-hydrogen) atoms. The third kappa shape index (κ3) is 2.68. The minimum absolute atomic E-state index is 0.110. The molecule has 0 aliphatic heterocycles. The molecule has 2 aromatic heterocycles. The molecule has 0 saturated carbocycles. The number of hydrogen-bond acceptors (Lipinski definition) is 5. The summed E-state index contributed by atoms with van der Waals surface area (Å²) in [5.41, 5.74) is 0.699. The maximum absolute atomic E-state index is 11.1. The molecule has 0 aliphatic carbocycles. The minimum Gasteiger partial charge on any atom is -0.430 e. The van der Waals surface area contributed by atoms with Crippen LogP contribution in [0.5, 0.6) is 11.6 Å². The van der Waals surface area contributed by atoms with Crippen molar-refractivity contribution in [3.63, 3.8) is 0 Å². The third-order valence-electron chi connectivity index (χ3n) is 2.78. The average molecular weight is 433 g/mol. The van der Waals surface area contributed by atoms with Crippen molar-refractivity contribution in [1.29, 1.82) is 0 Å². The maximum Gasteiger partial charge on any atom is 0.312 e. The molecule has 0 fully saturated rings. The number of nitro benzene ring substituents is 1. The first kappa shape index (κ1) is 14.5. The van der Waals surface area contributed by atoms with Crippen molar-refractivity contribution in [2.75, 3.05) is 0 Å². The lowest BCUT2D eigenvalue weighted by atomic mass is 10.3. The molecule has 3 aromatic rings. The lowest BCUT2D eigenvalue weighted by Crippen LogP contribution is -1.95. The van der Waals surface area contributed by atoms with Crippen LogP contribution in [0, 0.1) is 10.1 Å². The number of aromatic nitrogens is 2. The lowest BCUT2D eigenvalue weighted by molar-refractivity contribution is -0.385. The van der Waals surface area contributed by atoms with Crippen molar-refractivity contribution >= 4 is 53.8 Å². The monoisotopic (exact) mass is 431 g/mol. The molecule has 108 valence electrons. The number of halogens is 2. The van der Waals surface area contributed by atoms with Crippen molar-refractivity contribution in [3.05, 3.63) is 50.1 Å². The summed E-state index contributed by atoms with van der Waals surface area (Å²) in [4.78, 5) is 15.8. The molecule has 0 saturated heterocycles. The van der Waals surface area contributed by atoms with Gasteiger partial charge in [0.05, 0.1) is 10.6 Å². The number of nitrogens with zero attached hydrogens (tertiary/aromatic N) is 3. The van der Waals surface area contributed by atoms with Crippen LogP contribution in [-0.4, -0.2) is 14.3 Å². The third-order valence-corrected chi connectivity index (χ3v) is 4.56. The molecule has 3 rings (SSSR count). The summed E-state index contributed by atoms with van der Waals surface area (Å²) in [6, 6.07) is 4.64. The second-order valence-corrected chi connectivity index (χ2v) is 6.37. The molecule has 0 spiro atoms. The van der Waals surface area contributed by atoms with Crippen LogP contribution in [0.15, 0.2) is 34.2 Å². The standard InChI is InChI=1S/C12H7Br2N3O3S/c13-6-9-11(15-12-16(9)3-4-21-12)20-10-2-1-7(14)5-8(10)17(18)19/h1-5H,6H2. The van der Waals surface area contributed by atoms with E-state index in [2.05, 4.69) is 36.8 Å². The zero-order chi connectivity index (χ0) is 15.0. The Hall–Kier alpha value is -1.45. The van der Waals surface area contributed by atoms with E-state index in [0.717, 1.165) is 10.7 Å². The summed E-state index contributed by atoms with van der Waals surface area (Å²) >= 11 is 8.07. The minimum atomic E-state index is -0.480. The number of nitro groups is 1. The van der Waals surface area contributed by atoms with Crippen LogP contribution in [0.1, 0.15) is 5.69 Å². The number of thiazole rings is 1. The van der Waals surface area contributed by atoms with E-state index in [-0.39, 0.29) is 11.4 Å². The van der Waals surface area contributed by atoms with Gasteiger partial charge in [-0.05, 0) is 12.1 Å². The molecule has 0 aliphatic rings. The normalized spacial score (nSPS) is 11.0. The second-order valence-electron chi connectivity index (χ2n) is 4.02. The van der Waals surface area contributed by atoms with Crippen LogP contribution in [0.2, 0.25) is 0 Å². The molecule has 1 aromatic carbocycles. The Kier molecular flexibility index (Phi) is 3.96. The number of ether oxygens (including phenoxy) is 1. The number of fused-ring (bicyclic) bond motifs is 1. The van der Waals surface area contributed by atoms with E-state index >= 15 is 0 Å². The number of benzene rings is 1. The van der Waals surface area contributed by atoms with Gasteiger partial charge in [0.25, 0.3) is 0 Å². The van der Waals surface area contributed by atoms with Gasteiger partial charge in [0, 0.05) is 27.4 Å². The Morgan fingerprint density at radius 3 is 3.00 bits per heavy atom. The van der Waals surface area contributed by atoms with Gasteiger partial charge in [-0.1, -0.05) is 31.9 Å². The SMILES string of the molecule is O=[N+]([O-])c1cc(Br)ccc1Oc1nc2sccn2c1CBr. The van der Waals surface area contributed by atoms with Crippen molar-refractivity contribution in [2.45, 2.75) is 5.33 Å². The summed E-state index contributed by atoms with van der Waals surface area (Å²) in [7, 11) is 0. The average Bonchev–Trinajstić information content (AvgIpc) is 3.00. The summed E-state index contributed by atoms with van der Waals surface area (Å²) in [5.74, 6) is 0.528. The first-order chi connectivity index (χ1) is 10.1. The van der Waals surface area contributed by atoms with Crippen molar-refractivity contribution in [3.8, 4) is 11.6 Å². The van der Waals surface area contributed by atoms with Gasteiger partial charge in [-0.15, -0.1) is 11.3 Å². The van der Waals surface area contributed by atoms with E-state index in [4.69, 9.17) is 4.74 Å². The van der Waals surface area contributed by atoms with Crippen LogP contribution in [0.3, 0.4) is 0 Å². The largest absolute Gasteiger partial charge is 0.430 e. The van der Waals surface area contributed by atoms with Crippen molar-refractivity contribution < 1.29 is 9.66 Å². The first-order valence-corrected chi connectivity index (χ1v) is 8.51. The molecule has 9 heteroatoms. The molecule has 0 N–H and O–H groups in total. The molecule has 0 amide bonds. The predicted molar refractivity (Wildman–Crippen MR) is 86.6 cm³/mol. The van der Waals surface area contributed by atoms with Gasteiger partial charge in [-0.2, -0.15) is 4.98 Å². The molecular formula is C12H7Br2N3O3S. The van der Waals surface area contributed by atoms with Crippen LogP contribution in [-0.2, 0) is 5.33 Å². The Labute approximate surface area is 139 Å². The van der Waals surface area contributed by atoms with E-state index in [1.165, 1.54) is 17.4 Å². The Morgan fingerprint density at radius 1 is 1.48 bits per heavy atom. The fraction of sp³-hybridized carbons (Fsp3) is 0.0833. The predicted octanol–water partition coefficient (Wildman–Crippen LogP) is 4.75. The number of rotatable bonds is 4. The smallest absolute Gasteiger partial charge is 0.312 e. The Bertz CT molecular complexity index is 830. The van der Waals surface area contributed by atoms with E-state index in [1.54, 1.807) is 12.1 Å². The van der Waals surface area contributed by atoms with Gasteiger partial charge in [0.1, 0.15) is 0 Å². The topological polar surface area (TPSA) is 69.7 Å². The highest BCUT2D eigenvalue weighted by atomic mass is 79.9. The van der Waals surface area contributed by atoms with E-state index < -0.39 is 4.92 Å². The molecule has 6 nitrogen and oxygen atoms in total. The highest BCUT2D eigenvalue weighted by molar-refractivity contribution is 9.10. The van der Waals surface area contributed by atoms with Crippen LogP contribution >= 0.6 is 43.2 Å². The van der Waals surface area contributed by atoms with E-state index in [1.807, 2.05) is 16.0 Å². The van der Waals surface area contributed by atoms with E-state index in [0.29, 0.717) is 15.7 Å². The van der Waals surface area contributed by atoms with Gasteiger partial charge in [-0.3, -0.25) is 14.5 Å². The summed E-state index contributed by atoms with van der Waals surface area (Å²) in [5, 5.41) is 13.6. The summed E-state index contributed by atoms with van der Waals surface area (Å²) < 4.78 is 8.18. The number of imidazole rings is 1. The fourth-order valence-corrected chi connectivity index (χ4v) is 3.42. The molecule has 0 unspecified atom stereocenters. The molecule has 0 atom stereocenters. The molecule has 2 heterocycles. The van der Waals surface area contributed by atoms with Gasteiger partial charge >= 0.3 is 5.69 Å². The molecule has 0 bridgehead atoms. The van der Waals surface area contributed by atoms with E-state index in [9.17, 15) is 10.1 Å². The highest BCUT2D eigenvalue weighted by Gasteiger charge is 2.20. The first-order valence-electron chi connectivity index (χ1n) is 5.72. The maximum atomic E-state index is 11.1. The molecular weight excluding hydrogens is 426 g/mol. The van der Waals surface area contributed by atoms with Crippen molar-refractivity contribution in [2.24, 2.45) is 0 Å². The van der Waals surface area contributed by atoms with Gasteiger partial charge in [0.2, 0.25) is 11.6 Å². The zero-order valence-corrected chi connectivity index (χ0v) is 14.3. The fourth-order valence-electron chi connectivity index (χ4n) is 1.84. The van der Waals surface area contributed by atoms with Crippen LogP contribution in [0.4, 0.5) is 5.69 Å². The van der Waals surface area contributed by atoms with Gasteiger partial charge in [0.15, 0.2) is 4.96 Å². The van der Waals surface area contributed by atoms with Crippen LogP contribution < -0.4 is 4.74 Å². The quantitative estimate of drug-likeness (QED) is 0.338. The number of hydrogen-bond donors (Lipinski definition) is 0. The van der Waals surface area contributed by atoms with Crippen LogP contribution in [0.25, 0.3) is 4.96 Å². The second kappa shape index (κ2) is 5.74. The van der Waals surface area contributed by atoms with Gasteiger partial charge in [-0.25, -0.2) is 0 Å². The zero-order valence-electron chi connectivity index (χ0n) is 10.3. The highest BCUT2D eigenvalue weighted by Crippen LogP contribution is 2.35. The number of alkyl halides is 1. The lowest BCUT2D eigenvalue weighted by Gasteiger charge is -2.05. The Morgan fingerprint density at radius 2 is 2.29 bits per heavy atom. The Balaban J connectivity index is 2.06.